The molecule has 3 N–H and O–H groups in total. The maximum Gasteiger partial charge on any atom is 0.291 e. The molecule has 0 unspecified atom stereocenters. The molecule has 1 aliphatic rings. The standard InChI is InChI=1S/C21H29N5O2/c1-22-21(23-11-14-26-12-3-2-4-13-26)24-16-17-7-9-18(10-8-17)25-20(27)19-6-5-15-28-19/h5-10,15H,2-4,11-14,16H2,1H3,(H,25,27)(H2,22,23,24). The summed E-state index contributed by atoms with van der Waals surface area (Å²) in [6.07, 6.45) is 5.46. The number of carbonyl (C=O) groups excluding carboxylic acids is 1. The van der Waals surface area contributed by atoms with Gasteiger partial charge in [-0.15, -0.1) is 0 Å². The number of nitrogens with zero attached hydrogens (tertiary/aromatic N) is 2. The Morgan fingerprint density at radius 3 is 2.57 bits per heavy atom. The normalized spacial score (nSPS) is 15.2. The third-order valence-electron chi connectivity index (χ3n) is 4.81. The largest absolute Gasteiger partial charge is 0.459 e. The molecule has 3 rings (SSSR count). The molecule has 150 valence electrons. The Labute approximate surface area is 166 Å². The van der Waals surface area contributed by atoms with Crippen LogP contribution < -0.4 is 16.0 Å². The smallest absolute Gasteiger partial charge is 0.291 e. The molecule has 0 radical (unpaired) electrons. The number of anilines is 1. The highest BCUT2D eigenvalue weighted by Crippen LogP contribution is 2.12. The Kier molecular flexibility index (Phi) is 7.49. The molecule has 28 heavy (non-hydrogen) atoms. The summed E-state index contributed by atoms with van der Waals surface area (Å²) in [5.74, 6) is 0.839. The van der Waals surface area contributed by atoms with Crippen molar-refractivity contribution in [2.24, 2.45) is 4.99 Å². The fraction of sp³-hybridized carbons (Fsp3) is 0.429. The lowest BCUT2D eigenvalue weighted by Crippen LogP contribution is -2.42. The van der Waals surface area contributed by atoms with Crippen molar-refractivity contribution in [2.75, 3.05) is 38.5 Å². The van der Waals surface area contributed by atoms with Gasteiger partial charge in [0.05, 0.1) is 6.26 Å². The summed E-state index contributed by atoms with van der Waals surface area (Å²) in [5.41, 5.74) is 1.84. The zero-order valence-corrected chi connectivity index (χ0v) is 16.4. The highest BCUT2D eigenvalue weighted by Gasteiger charge is 2.10. The van der Waals surface area contributed by atoms with Crippen LogP contribution >= 0.6 is 0 Å². The van der Waals surface area contributed by atoms with E-state index in [1.54, 1.807) is 19.2 Å². The van der Waals surface area contributed by atoms with Gasteiger partial charge >= 0.3 is 0 Å². The molecule has 1 aliphatic heterocycles. The van der Waals surface area contributed by atoms with Crippen LogP contribution in [0.25, 0.3) is 0 Å². The number of likely N-dealkylation sites (tertiary alicyclic amines) is 1. The van der Waals surface area contributed by atoms with E-state index in [0.717, 1.165) is 30.3 Å². The predicted molar refractivity (Wildman–Crippen MR) is 112 cm³/mol. The Morgan fingerprint density at radius 2 is 1.89 bits per heavy atom. The zero-order chi connectivity index (χ0) is 19.6. The van der Waals surface area contributed by atoms with Crippen LogP contribution in [0.5, 0.6) is 0 Å². The summed E-state index contributed by atoms with van der Waals surface area (Å²) >= 11 is 0. The number of carbonyl (C=O) groups is 1. The van der Waals surface area contributed by atoms with Crippen LogP contribution in [0, 0.1) is 0 Å². The van der Waals surface area contributed by atoms with Gasteiger partial charge in [0, 0.05) is 32.4 Å². The second-order valence-electron chi connectivity index (χ2n) is 6.88. The Morgan fingerprint density at radius 1 is 1.11 bits per heavy atom. The van der Waals surface area contributed by atoms with Crippen molar-refractivity contribution in [3.05, 3.63) is 54.0 Å². The van der Waals surface area contributed by atoms with Crippen LogP contribution in [0.3, 0.4) is 0 Å². The third-order valence-corrected chi connectivity index (χ3v) is 4.81. The van der Waals surface area contributed by atoms with E-state index in [1.807, 2.05) is 24.3 Å². The van der Waals surface area contributed by atoms with E-state index in [1.165, 1.54) is 38.6 Å². The molecule has 1 fully saturated rings. The number of benzene rings is 1. The van der Waals surface area contributed by atoms with Gasteiger partial charge in [0.2, 0.25) is 0 Å². The van der Waals surface area contributed by atoms with E-state index >= 15 is 0 Å². The minimum atomic E-state index is -0.255. The summed E-state index contributed by atoms with van der Waals surface area (Å²) in [6, 6.07) is 11.0. The monoisotopic (exact) mass is 383 g/mol. The number of hydrogen-bond acceptors (Lipinski definition) is 4. The van der Waals surface area contributed by atoms with Crippen molar-refractivity contribution in [3.8, 4) is 0 Å². The number of piperidine rings is 1. The lowest BCUT2D eigenvalue weighted by atomic mass is 10.1. The number of rotatable bonds is 7. The lowest BCUT2D eigenvalue weighted by molar-refractivity contribution is 0.0996. The fourth-order valence-electron chi connectivity index (χ4n) is 3.23. The molecule has 7 nitrogen and oxygen atoms in total. The molecule has 7 heteroatoms. The highest BCUT2D eigenvalue weighted by atomic mass is 16.3. The van der Waals surface area contributed by atoms with Gasteiger partial charge in [-0.2, -0.15) is 0 Å². The zero-order valence-electron chi connectivity index (χ0n) is 16.4. The van der Waals surface area contributed by atoms with Gasteiger partial charge < -0.3 is 25.3 Å². The van der Waals surface area contributed by atoms with Gasteiger partial charge in [-0.3, -0.25) is 9.79 Å². The second kappa shape index (κ2) is 10.5. The van der Waals surface area contributed by atoms with Crippen molar-refractivity contribution >= 4 is 17.6 Å². The van der Waals surface area contributed by atoms with Crippen molar-refractivity contribution in [1.82, 2.24) is 15.5 Å². The molecule has 0 aliphatic carbocycles. The molecule has 0 spiro atoms. The van der Waals surface area contributed by atoms with Crippen molar-refractivity contribution < 1.29 is 9.21 Å². The first-order chi connectivity index (χ1) is 13.7. The third kappa shape index (κ3) is 6.13. The molecule has 1 aromatic heterocycles. The van der Waals surface area contributed by atoms with Crippen LogP contribution in [-0.2, 0) is 6.54 Å². The molecule has 1 amide bonds. The average Bonchev–Trinajstić information content (AvgIpc) is 3.27. The number of nitrogens with one attached hydrogen (secondary N) is 3. The van der Waals surface area contributed by atoms with E-state index in [4.69, 9.17) is 4.42 Å². The van der Waals surface area contributed by atoms with Gasteiger partial charge in [0.25, 0.3) is 5.91 Å². The van der Waals surface area contributed by atoms with E-state index in [0.29, 0.717) is 12.3 Å². The van der Waals surface area contributed by atoms with Crippen LogP contribution in [-0.4, -0.2) is 50.0 Å². The summed E-state index contributed by atoms with van der Waals surface area (Å²) in [5, 5.41) is 9.51. The quantitative estimate of drug-likeness (QED) is 0.506. The Balaban J connectivity index is 1.39. The van der Waals surface area contributed by atoms with Crippen molar-refractivity contribution in [2.45, 2.75) is 25.8 Å². The lowest BCUT2D eigenvalue weighted by Gasteiger charge is -2.26. The molecule has 2 heterocycles. The molecular weight excluding hydrogens is 354 g/mol. The SMILES string of the molecule is CN=C(NCCN1CCCCC1)NCc1ccc(NC(=O)c2ccco2)cc1. The van der Waals surface area contributed by atoms with Crippen LogP contribution in [0.1, 0.15) is 35.4 Å². The molecule has 0 bridgehead atoms. The van der Waals surface area contributed by atoms with Crippen LogP contribution in [0.4, 0.5) is 5.69 Å². The van der Waals surface area contributed by atoms with Gasteiger partial charge in [-0.05, 0) is 55.8 Å². The first-order valence-electron chi connectivity index (χ1n) is 9.85. The molecule has 2 aromatic rings. The predicted octanol–water partition coefficient (Wildman–Crippen LogP) is 2.68. The maximum absolute atomic E-state index is 12.0. The van der Waals surface area contributed by atoms with Gasteiger partial charge in [0.1, 0.15) is 0 Å². The van der Waals surface area contributed by atoms with Gasteiger partial charge in [-0.25, -0.2) is 0 Å². The summed E-state index contributed by atoms with van der Waals surface area (Å²) in [7, 11) is 1.78. The minimum Gasteiger partial charge on any atom is -0.459 e. The number of guanidine groups is 1. The van der Waals surface area contributed by atoms with Crippen LogP contribution in [0.2, 0.25) is 0 Å². The van der Waals surface area contributed by atoms with Crippen LogP contribution in [0.15, 0.2) is 52.1 Å². The average molecular weight is 383 g/mol. The van der Waals surface area contributed by atoms with E-state index in [9.17, 15) is 4.79 Å². The first-order valence-corrected chi connectivity index (χ1v) is 9.85. The topological polar surface area (TPSA) is 81.9 Å². The summed E-state index contributed by atoms with van der Waals surface area (Å²) < 4.78 is 5.09. The highest BCUT2D eigenvalue weighted by molar-refractivity contribution is 6.02. The fourth-order valence-corrected chi connectivity index (χ4v) is 3.23. The summed E-state index contributed by atoms with van der Waals surface area (Å²) in [6.45, 7) is 5.00. The molecule has 1 saturated heterocycles. The molecule has 0 atom stereocenters. The number of furan rings is 1. The number of amides is 1. The van der Waals surface area contributed by atoms with Crippen molar-refractivity contribution in [1.29, 1.82) is 0 Å². The number of hydrogen-bond donors (Lipinski definition) is 3. The Bertz CT molecular complexity index is 750. The molecular formula is C21H29N5O2. The van der Waals surface area contributed by atoms with E-state index in [2.05, 4.69) is 25.8 Å². The summed E-state index contributed by atoms with van der Waals surface area (Å²) in [4.78, 5) is 18.8. The molecule has 1 aromatic carbocycles. The van der Waals surface area contributed by atoms with E-state index < -0.39 is 0 Å². The van der Waals surface area contributed by atoms with E-state index in [-0.39, 0.29) is 5.91 Å². The first kappa shape index (κ1) is 19.9. The second-order valence-corrected chi connectivity index (χ2v) is 6.88. The molecule has 0 saturated carbocycles. The minimum absolute atomic E-state index is 0.255. The van der Waals surface area contributed by atoms with Gasteiger partial charge in [0.15, 0.2) is 11.7 Å². The maximum atomic E-state index is 12.0. The number of aliphatic imine (C=N–C) groups is 1. The van der Waals surface area contributed by atoms with Gasteiger partial charge in [-0.1, -0.05) is 18.6 Å². The van der Waals surface area contributed by atoms with Crippen molar-refractivity contribution in [3.63, 3.8) is 0 Å². The Hall–Kier alpha value is -2.80.